The zero-order valence-electron chi connectivity index (χ0n) is 11.5. The molecule has 0 aliphatic rings. The molecule has 7 nitrogen and oxygen atoms in total. The summed E-state index contributed by atoms with van der Waals surface area (Å²) < 4.78 is 6.71. The Hall–Kier alpha value is -2.96. The third-order valence-corrected chi connectivity index (χ3v) is 2.87. The van der Waals surface area contributed by atoms with E-state index in [1.54, 1.807) is 24.2 Å². The van der Waals surface area contributed by atoms with Crippen LogP contribution in [0, 0.1) is 0 Å². The molecule has 0 amide bonds. The zero-order chi connectivity index (χ0) is 14.5. The van der Waals surface area contributed by atoms with E-state index in [0.717, 1.165) is 11.4 Å². The van der Waals surface area contributed by atoms with Gasteiger partial charge in [0.1, 0.15) is 12.1 Å². The van der Waals surface area contributed by atoms with Crippen LogP contribution in [0.4, 0.5) is 5.82 Å². The first-order chi connectivity index (χ1) is 10.3. The van der Waals surface area contributed by atoms with E-state index in [1.807, 2.05) is 30.5 Å². The summed E-state index contributed by atoms with van der Waals surface area (Å²) >= 11 is 0. The molecule has 3 aromatic heterocycles. The second-order valence-electron chi connectivity index (χ2n) is 4.27. The molecule has 7 heteroatoms. The van der Waals surface area contributed by atoms with Gasteiger partial charge in [-0.05, 0) is 11.6 Å². The van der Waals surface area contributed by atoms with Gasteiger partial charge >= 0.3 is 0 Å². The fraction of sp³-hybridized carbons (Fsp3) is 0.143. The van der Waals surface area contributed by atoms with Crippen molar-refractivity contribution >= 4 is 5.82 Å². The summed E-state index contributed by atoms with van der Waals surface area (Å²) in [5, 5.41) is 7.37. The summed E-state index contributed by atoms with van der Waals surface area (Å²) in [5.41, 5.74) is 1.04. The minimum atomic E-state index is 0.599. The Morgan fingerprint density at radius 1 is 1.24 bits per heavy atom. The van der Waals surface area contributed by atoms with Crippen LogP contribution in [-0.4, -0.2) is 31.8 Å². The third-order valence-electron chi connectivity index (χ3n) is 2.87. The number of nitrogens with zero attached hydrogens (tertiary/aromatic N) is 5. The van der Waals surface area contributed by atoms with Crippen molar-refractivity contribution in [3.05, 3.63) is 54.7 Å². The number of nitrogens with one attached hydrogen (secondary N) is 1. The SMILES string of the molecule is COc1ccc(CNc2cc(-n3cccn3)ncn2)cn1. The van der Waals surface area contributed by atoms with Gasteiger partial charge < -0.3 is 10.1 Å². The normalized spacial score (nSPS) is 10.3. The topological polar surface area (TPSA) is 77.8 Å². The molecule has 3 heterocycles. The minimum absolute atomic E-state index is 0.599. The van der Waals surface area contributed by atoms with Crippen molar-refractivity contribution in [2.24, 2.45) is 0 Å². The Morgan fingerprint density at radius 2 is 2.19 bits per heavy atom. The minimum Gasteiger partial charge on any atom is -0.481 e. The van der Waals surface area contributed by atoms with E-state index < -0.39 is 0 Å². The van der Waals surface area contributed by atoms with E-state index in [0.29, 0.717) is 18.2 Å². The van der Waals surface area contributed by atoms with Gasteiger partial charge in [0, 0.05) is 37.3 Å². The monoisotopic (exact) mass is 282 g/mol. The number of methoxy groups -OCH3 is 1. The molecule has 0 bridgehead atoms. The fourth-order valence-corrected chi connectivity index (χ4v) is 1.80. The van der Waals surface area contributed by atoms with E-state index >= 15 is 0 Å². The van der Waals surface area contributed by atoms with Gasteiger partial charge in [-0.1, -0.05) is 6.07 Å². The van der Waals surface area contributed by atoms with Gasteiger partial charge in [-0.3, -0.25) is 0 Å². The van der Waals surface area contributed by atoms with Crippen molar-refractivity contribution < 1.29 is 4.74 Å². The molecule has 0 unspecified atom stereocenters. The first-order valence-electron chi connectivity index (χ1n) is 6.40. The lowest BCUT2D eigenvalue weighted by molar-refractivity contribution is 0.397. The molecule has 0 aliphatic heterocycles. The highest BCUT2D eigenvalue weighted by molar-refractivity contribution is 5.40. The highest BCUT2D eigenvalue weighted by Crippen LogP contribution is 2.11. The van der Waals surface area contributed by atoms with E-state index in [4.69, 9.17) is 4.74 Å². The van der Waals surface area contributed by atoms with Crippen LogP contribution in [0.5, 0.6) is 5.88 Å². The van der Waals surface area contributed by atoms with Gasteiger partial charge in [-0.15, -0.1) is 0 Å². The van der Waals surface area contributed by atoms with Crippen molar-refractivity contribution in [3.8, 4) is 11.7 Å². The van der Waals surface area contributed by atoms with Gasteiger partial charge in [0.15, 0.2) is 5.82 Å². The van der Waals surface area contributed by atoms with Crippen LogP contribution in [-0.2, 0) is 6.54 Å². The first kappa shape index (κ1) is 13.0. The van der Waals surface area contributed by atoms with Crippen LogP contribution in [0.1, 0.15) is 5.56 Å². The molecule has 1 N–H and O–H groups in total. The number of pyridine rings is 1. The molecule has 3 aromatic rings. The van der Waals surface area contributed by atoms with Crippen LogP contribution in [0.3, 0.4) is 0 Å². The second-order valence-corrected chi connectivity index (χ2v) is 4.27. The Bertz CT molecular complexity index is 696. The van der Waals surface area contributed by atoms with Crippen molar-refractivity contribution in [3.63, 3.8) is 0 Å². The average Bonchev–Trinajstić information content (AvgIpc) is 3.08. The third kappa shape index (κ3) is 3.14. The van der Waals surface area contributed by atoms with E-state index in [2.05, 4.69) is 25.4 Å². The van der Waals surface area contributed by atoms with Gasteiger partial charge in [0.2, 0.25) is 5.88 Å². The van der Waals surface area contributed by atoms with Crippen molar-refractivity contribution in [2.75, 3.05) is 12.4 Å². The lowest BCUT2D eigenvalue weighted by Gasteiger charge is -2.07. The van der Waals surface area contributed by atoms with E-state index in [1.165, 1.54) is 6.33 Å². The smallest absolute Gasteiger partial charge is 0.212 e. The Labute approximate surface area is 121 Å². The number of aromatic nitrogens is 5. The van der Waals surface area contributed by atoms with Crippen LogP contribution in [0.15, 0.2) is 49.2 Å². The van der Waals surface area contributed by atoms with Crippen LogP contribution in [0.25, 0.3) is 5.82 Å². The number of hydrogen-bond acceptors (Lipinski definition) is 6. The number of rotatable bonds is 5. The molecule has 3 rings (SSSR count). The largest absolute Gasteiger partial charge is 0.481 e. The van der Waals surface area contributed by atoms with Crippen LogP contribution < -0.4 is 10.1 Å². The highest BCUT2D eigenvalue weighted by atomic mass is 16.5. The molecule has 0 saturated heterocycles. The van der Waals surface area contributed by atoms with Crippen molar-refractivity contribution in [1.29, 1.82) is 0 Å². The predicted molar refractivity (Wildman–Crippen MR) is 77.3 cm³/mol. The maximum absolute atomic E-state index is 5.03. The summed E-state index contributed by atoms with van der Waals surface area (Å²) in [5.74, 6) is 2.04. The maximum Gasteiger partial charge on any atom is 0.212 e. The standard InChI is InChI=1S/C14H14N6O/c1-21-14-4-3-11(9-16-14)8-15-12-7-13(18-10-17-12)20-6-2-5-19-20/h2-7,9-10H,8H2,1H3,(H,15,17,18). The molecule has 0 spiro atoms. The van der Waals surface area contributed by atoms with E-state index in [9.17, 15) is 0 Å². The Balaban J connectivity index is 1.68. The number of hydrogen-bond donors (Lipinski definition) is 1. The van der Waals surface area contributed by atoms with Crippen LogP contribution >= 0.6 is 0 Å². The molecule has 0 aromatic carbocycles. The van der Waals surface area contributed by atoms with Gasteiger partial charge in [-0.2, -0.15) is 5.10 Å². The summed E-state index contributed by atoms with van der Waals surface area (Å²) in [4.78, 5) is 12.5. The van der Waals surface area contributed by atoms with Gasteiger partial charge in [0.05, 0.1) is 7.11 Å². The fourth-order valence-electron chi connectivity index (χ4n) is 1.80. The Morgan fingerprint density at radius 3 is 2.90 bits per heavy atom. The molecule has 21 heavy (non-hydrogen) atoms. The number of anilines is 1. The Kier molecular flexibility index (Phi) is 3.72. The highest BCUT2D eigenvalue weighted by Gasteiger charge is 2.02. The molecule has 0 atom stereocenters. The quantitative estimate of drug-likeness (QED) is 0.767. The molecule has 0 saturated carbocycles. The van der Waals surface area contributed by atoms with Crippen molar-refractivity contribution in [2.45, 2.75) is 6.54 Å². The molecular weight excluding hydrogens is 268 g/mol. The first-order valence-corrected chi connectivity index (χ1v) is 6.40. The van der Waals surface area contributed by atoms with Gasteiger partial charge in [-0.25, -0.2) is 19.6 Å². The predicted octanol–water partition coefficient (Wildman–Crippen LogP) is 1.68. The summed E-state index contributed by atoms with van der Waals surface area (Å²) in [6.07, 6.45) is 6.81. The van der Waals surface area contributed by atoms with Crippen molar-refractivity contribution in [1.82, 2.24) is 24.7 Å². The number of ether oxygens (including phenoxy) is 1. The lowest BCUT2D eigenvalue weighted by Crippen LogP contribution is -2.05. The summed E-state index contributed by atoms with van der Waals surface area (Å²) in [7, 11) is 1.60. The molecular formula is C14H14N6O. The molecule has 0 aliphatic carbocycles. The maximum atomic E-state index is 5.03. The van der Waals surface area contributed by atoms with Gasteiger partial charge in [0.25, 0.3) is 0 Å². The molecule has 0 radical (unpaired) electrons. The molecule has 0 fully saturated rings. The summed E-state index contributed by atoms with van der Waals surface area (Å²) in [6.45, 7) is 0.618. The van der Waals surface area contributed by atoms with E-state index in [-0.39, 0.29) is 0 Å². The lowest BCUT2D eigenvalue weighted by atomic mass is 10.3. The molecule has 106 valence electrons. The second kappa shape index (κ2) is 6.00. The van der Waals surface area contributed by atoms with Crippen LogP contribution in [0.2, 0.25) is 0 Å². The summed E-state index contributed by atoms with van der Waals surface area (Å²) in [6, 6.07) is 7.46. The zero-order valence-corrected chi connectivity index (χ0v) is 11.5. The average molecular weight is 282 g/mol.